The summed E-state index contributed by atoms with van der Waals surface area (Å²) in [5.41, 5.74) is 3.97. The van der Waals surface area contributed by atoms with Crippen molar-refractivity contribution in [3.05, 3.63) is 44.7 Å². The number of aromatic amines is 1. The van der Waals surface area contributed by atoms with Crippen LogP contribution in [0.25, 0.3) is 22.4 Å². The predicted molar refractivity (Wildman–Crippen MR) is 164 cm³/mol. The average molecular weight is 667 g/mol. The summed E-state index contributed by atoms with van der Waals surface area (Å²) in [6.45, 7) is 4.34. The molecule has 0 bridgehead atoms. The first-order valence-electron chi connectivity index (χ1n) is 14.9. The van der Waals surface area contributed by atoms with Gasteiger partial charge < -0.3 is 19.5 Å². The van der Waals surface area contributed by atoms with Crippen molar-refractivity contribution in [1.29, 1.82) is 0 Å². The predicted octanol–water partition coefficient (Wildman–Crippen LogP) is 2.43. The quantitative estimate of drug-likeness (QED) is 0.0752. The highest BCUT2D eigenvalue weighted by atomic mass is 32.2. The molecule has 1 aromatic carbocycles. The molecule has 0 radical (unpaired) electrons. The molecule has 3 heterocycles. The number of aryl methyl sites for hydroxylation is 2. The van der Waals surface area contributed by atoms with Crippen molar-refractivity contribution in [1.82, 2.24) is 24.5 Å². The van der Waals surface area contributed by atoms with Crippen LogP contribution in [-0.2, 0) is 38.0 Å². The summed E-state index contributed by atoms with van der Waals surface area (Å²) >= 11 is 0. The molecule has 46 heavy (non-hydrogen) atoms. The topological polar surface area (TPSA) is 210 Å². The Hall–Kier alpha value is -4.10. The van der Waals surface area contributed by atoms with Gasteiger partial charge in [0.25, 0.3) is 5.56 Å². The van der Waals surface area contributed by atoms with Gasteiger partial charge in [-0.05, 0) is 43.9 Å². The Kier molecular flexibility index (Phi) is 11.7. The van der Waals surface area contributed by atoms with E-state index < -0.39 is 26.8 Å². The van der Waals surface area contributed by atoms with Gasteiger partial charge in [-0.15, -0.1) is 0 Å². The zero-order chi connectivity index (χ0) is 33.4. The van der Waals surface area contributed by atoms with Crippen LogP contribution in [-0.4, -0.2) is 88.5 Å². The molecule has 0 unspecified atom stereocenters. The third-order valence-corrected chi connectivity index (χ3v) is 9.71. The van der Waals surface area contributed by atoms with Gasteiger partial charge in [-0.25, -0.2) is 18.6 Å². The summed E-state index contributed by atoms with van der Waals surface area (Å²) in [7, 11) is -1.01. The van der Waals surface area contributed by atoms with E-state index in [0.717, 1.165) is 12.0 Å². The first-order chi connectivity index (χ1) is 22.1. The molecule has 1 saturated heterocycles. The molecular weight excluding hydrogens is 626 g/mol. The first kappa shape index (κ1) is 34.8. The third-order valence-electron chi connectivity index (χ3n) is 7.81. The van der Waals surface area contributed by atoms with Gasteiger partial charge in [0.05, 0.1) is 36.1 Å². The highest BCUT2D eigenvalue weighted by Crippen LogP contribution is 2.34. The van der Waals surface area contributed by atoms with E-state index in [4.69, 9.17) is 24.6 Å². The Morgan fingerprint density at radius 2 is 2.00 bits per heavy atom. The van der Waals surface area contributed by atoms with Crippen molar-refractivity contribution >= 4 is 27.3 Å². The second-order valence-electron chi connectivity index (χ2n) is 10.8. The van der Waals surface area contributed by atoms with Gasteiger partial charge in [-0.3, -0.25) is 14.5 Å². The van der Waals surface area contributed by atoms with E-state index in [0.29, 0.717) is 54.8 Å². The Morgan fingerprint density at radius 3 is 2.63 bits per heavy atom. The zero-order valence-electron chi connectivity index (χ0n) is 26.1. The summed E-state index contributed by atoms with van der Waals surface area (Å²) < 4.78 is 36.6. The van der Waals surface area contributed by atoms with Crippen molar-refractivity contribution in [3.8, 4) is 17.1 Å². The largest absolute Gasteiger partial charge is 0.493 e. The van der Waals surface area contributed by atoms with Crippen LogP contribution in [0.2, 0.25) is 0 Å². The minimum absolute atomic E-state index is 0.0241. The summed E-state index contributed by atoms with van der Waals surface area (Å²) in [6, 6.07) is 4.43. The lowest BCUT2D eigenvalue weighted by Gasteiger charge is -2.32. The number of sulfonamides is 1. The molecule has 4 N–H and O–H groups in total. The van der Waals surface area contributed by atoms with E-state index >= 15 is 0 Å². The molecule has 252 valence electrons. The Labute approximate surface area is 265 Å². The maximum Gasteiger partial charge on any atom is 0.475 e. The Bertz CT molecular complexity index is 1720. The SMILES string of the molecule is CCCOc1ccc(S(=O)(=O)N2CCC([C@H](CONOC)O[N+](=O)O)CC2)cc1-c1nc2c(CCC)c(/C=N/O)n(C)c2c(=O)[nH]1. The molecule has 0 aliphatic carbocycles. The fourth-order valence-electron chi connectivity index (χ4n) is 5.65. The zero-order valence-corrected chi connectivity index (χ0v) is 26.9. The number of benzene rings is 1. The van der Waals surface area contributed by atoms with Gasteiger partial charge >= 0.3 is 5.09 Å². The maximum absolute atomic E-state index is 13.9. The van der Waals surface area contributed by atoms with E-state index in [2.05, 4.69) is 20.6 Å². The van der Waals surface area contributed by atoms with Gasteiger partial charge in [0.15, 0.2) is 0 Å². The van der Waals surface area contributed by atoms with Crippen LogP contribution in [0.3, 0.4) is 0 Å². The molecule has 2 aromatic heterocycles. The molecule has 4 rings (SSSR count). The first-order valence-corrected chi connectivity index (χ1v) is 16.3. The molecule has 1 aliphatic rings. The monoisotopic (exact) mass is 666 g/mol. The van der Waals surface area contributed by atoms with Crippen LogP contribution in [0.15, 0.2) is 33.0 Å². The number of nitrogens with zero attached hydrogens (tertiary/aromatic N) is 5. The fraction of sp³-hybridized carbons (Fsp3) is 0.536. The van der Waals surface area contributed by atoms with Gasteiger partial charge in [0, 0.05) is 31.6 Å². The fourth-order valence-corrected chi connectivity index (χ4v) is 7.15. The number of rotatable bonds is 16. The van der Waals surface area contributed by atoms with E-state index in [1.807, 2.05) is 13.8 Å². The number of piperidine rings is 1. The highest BCUT2D eigenvalue weighted by molar-refractivity contribution is 7.89. The van der Waals surface area contributed by atoms with Gasteiger partial charge in [-0.1, -0.05) is 31.1 Å². The highest BCUT2D eigenvalue weighted by Gasteiger charge is 2.37. The Morgan fingerprint density at radius 1 is 1.26 bits per heavy atom. The number of hydrogen-bond acceptors (Lipinski definition) is 12. The van der Waals surface area contributed by atoms with Gasteiger partial charge in [-0.2, -0.15) is 9.14 Å². The minimum atomic E-state index is -4.02. The summed E-state index contributed by atoms with van der Waals surface area (Å²) in [4.78, 5) is 46.7. The lowest BCUT2D eigenvalue weighted by molar-refractivity contribution is -0.982. The van der Waals surface area contributed by atoms with E-state index in [9.17, 15) is 23.3 Å². The molecule has 18 heteroatoms. The second-order valence-corrected chi connectivity index (χ2v) is 12.7. The number of ether oxygens (including phenoxy) is 1. The number of H-pyrrole nitrogens is 1. The summed E-state index contributed by atoms with van der Waals surface area (Å²) in [6.07, 6.45) is 3.02. The van der Waals surface area contributed by atoms with Crippen LogP contribution in [0.5, 0.6) is 5.75 Å². The average Bonchev–Trinajstić information content (AvgIpc) is 3.30. The lowest BCUT2D eigenvalue weighted by atomic mass is 9.92. The smallest absolute Gasteiger partial charge is 0.475 e. The second kappa shape index (κ2) is 15.5. The molecule has 1 atom stereocenters. The Balaban J connectivity index is 1.70. The molecule has 1 aliphatic heterocycles. The van der Waals surface area contributed by atoms with Crippen molar-refractivity contribution in [2.45, 2.75) is 57.0 Å². The maximum atomic E-state index is 13.9. The number of hydrogen-bond donors (Lipinski definition) is 4. The van der Waals surface area contributed by atoms with Gasteiger partial charge in [0.1, 0.15) is 34.1 Å². The van der Waals surface area contributed by atoms with Crippen LogP contribution < -0.4 is 15.9 Å². The number of nitrogens with one attached hydrogen (secondary N) is 2. The molecule has 0 amide bonds. The number of oxime groups is 1. The van der Waals surface area contributed by atoms with Crippen molar-refractivity contribution in [3.63, 3.8) is 0 Å². The minimum Gasteiger partial charge on any atom is -0.493 e. The molecule has 0 spiro atoms. The van der Waals surface area contributed by atoms with Crippen molar-refractivity contribution in [2.75, 3.05) is 33.4 Å². The van der Waals surface area contributed by atoms with Crippen LogP contribution in [0, 0.1) is 10.8 Å². The summed E-state index contributed by atoms with van der Waals surface area (Å²) in [5.74, 6) is 0.174. The van der Waals surface area contributed by atoms with E-state index in [1.165, 1.54) is 29.8 Å². The van der Waals surface area contributed by atoms with E-state index in [-0.39, 0.29) is 41.9 Å². The number of aromatic nitrogens is 3. The number of fused-ring (bicyclic) bond motifs is 1. The standard InChI is InChI=1S/C28H39N7O10S/c1-5-7-20-22(16-29-37)33(3)26-25(20)30-27(31-28(26)36)21-15-19(8-9-23(21)43-14-6-2)46(40,41)34-12-10-18(11-13-34)24(45-35(38)39)17-44-32-42-4/h8-9,15-16,18,24,32H,5-7,10-14,17H2,1-4H3,(H2-,30,31,36,37,38,39)/p+1/t24-/m0/s1. The molecule has 17 nitrogen and oxygen atoms in total. The van der Waals surface area contributed by atoms with Crippen LogP contribution >= 0.6 is 0 Å². The molecule has 3 aromatic rings. The lowest BCUT2D eigenvalue weighted by Crippen LogP contribution is -2.44. The summed E-state index contributed by atoms with van der Waals surface area (Å²) in [5, 5.41) is 20.8. The molecule has 1 fully saturated rings. The van der Waals surface area contributed by atoms with Gasteiger partial charge in [0.2, 0.25) is 16.1 Å². The molecular formula is C28H40N7O10S+. The molecule has 0 saturated carbocycles. The van der Waals surface area contributed by atoms with Crippen molar-refractivity contribution < 1.29 is 43.2 Å². The normalized spacial score (nSPS) is 15.5. The third kappa shape index (κ3) is 7.47. The van der Waals surface area contributed by atoms with Crippen molar-refractivity contribution in [2.24, 2.45) is 18.1 Å². The van der Waals surface area contributed by atoms with Crippen LogP contribution in [0.1, 0.15) is 50.8 Å². The van der Waals surface area contributed by atoms with Crippen LogP contribution in [0.4, 0.5) is 0 Å². The van der Waals surface area contributed by atoms with E-state index in [1.54, 1.807) is 17.7 Å².